The van der Waals surface area contributed by atoms with Gasteiger partial charge in [-0.2, -0.15) is 0 Å². The minimum Gasteiger partial charge on any atom is -0.465 e. The lowest BCUT2D eigenvalue weighted by Gasteiger charge is -2.00. The van der Waals surface area contributed by atoms with Gasteiger partial charge in [-0.05, 0) is 22.0 Å². The van der Waals surface area contributed by atoms with Gasteiger partial charge in [0.2, 0.25) is 0 Å². The summed E-state index contributed by atoms with van der Waals surface area (Å²) in [6.07, 6.45) is 3.41. The molecule has 0 aliphatic rings. The molecule has 0 fully saturated rings. The zero-order chi connectivity index (χ0) is 11.0. The summed E-state index contributed by atoms with van der Waals surface area (Å²) in [5.74, 6) is -0.373. The number of fused-ring (bicyclic) bond motifs is 1. The fraction of sp³-hybridized carbons (Fsp3) is 0.200. The molecule has 0 amide bonds. The Morgan fingerprint density at radius 1 is 1.60 bits per heavy atom. The quantitative estimate of drug-likeness (QED) is 0.745. The summed E-state index contributed by atoms with van der Waals surface area (Å²) in [5, 5.41) is 0. The average Bonchev–Trinajstić information content (AvgIpc) is 2.53. The smallest absolute Gasteiger partial charge is 0.339 e. The lowest BCUT2D eigenvalue weighted by molar-refractivity contribution is 0.0600. The molecule has 0 aliphatic heterocycles. The molecule has 0 spiro atoms. The molecule has 0 unspecified atom stereocenters. The van der Waals surface area contributed by atoms with Gasteiger partial charge in [-0.3, -0.25) is 4.98 Å². The molecule has 5 heteroatoms. The highest BCUT2D eigenvalue weighted by Gasteiger charge is 2.10. The topological polar surface area (TPSA) is 44.1 Å². The van der Waals surface area contributed by atoms with Gasteiger partial charge in [0.05, 0.1) is 22.7 Å². The Balaban J connectivity index is 2.65. The van der Waals surface area contributed by atoms with Crippen molar-refractivity contribution in [1.82, 2.24) is 9.55 Å². The number of aryl methyl sites for hydroxylation is 1. The van der Waals surface area contributed by atoms with Crippen molar-refractivity contribution in [3.05, 3.63) is 28.5 Å². The van der Waals surface area contributed by atoms with Gasteiger partial charge in [0.25, 0.3) is 0 Å². The number of carbonyl (C=O) groups is 1. The first-order chi connectivity index (χ1) is 7.13. The lowest BCUT2D eigenvalue weighted by Crippen LogP contribution is -2.02. The van der Waals surface area contributed by atoms with Crippen LogP contribution < -0.4 is 0 Å². The molecule has 2 aromatic rings. The first-order valence-corrected chi connectivity index (χ1v) is 5.11. The van der Waals surface area contributed by atoms with E-state index < -0.39 is 0 Å². The summed E-state index contributed by atoms with van der Waals surface area (Å²) in [7, 11) is 3.25. The van der Waals surface area contributed by atoms with E-state index in [0.717, 1.165) is 15.5 Å². The van der Waals surface area contributed by atoms with Crippen LogP contribution in [0.5, 0.6) is 0 Å². The Hall–Kier alpha value is -1.36. The fourth-order valence-electron chi connectivity index (χ4n) is 1.44. The Morgan fingerprint density at radius 3 is 3.00 bits per heavy atom. The number of carbonyl (C=O) groups excluding carboxylic acids is 1. The van der Waals surface area contributed by atoms with E-state index in [1.165, 1.54) is 13.3 Å². The van der Waals surface area contributed by atoms with Gasteiger partial charge in [0.15, 0.2) is 0 Å². The Bertz CT molecular complexity index is 533. The minimum absolute atomic E-state index is 0.373. The van der Waals surface area contributed by atoms with Crippen LogP contribution in [0.2, 0.25) is 0 Å². The Morgan fingerprint density at radius 2 is 2.33 bits per heavy atom. The number of esters is 1. The molecule has 0 radical (unpaired) electrons. The summed E-state index contributed by atoms with van der Waals surface area (Å²) >= 11 is 3.40. The fourth-order valence-corrected chi connectivity index (χ4v) is 2.05. The second-order valence-corrected chi connectivity index (χ2v) is 4.03. The van der Waals surface area contributed by atoms with Crippen LogP contribution in [0.3, 0.4) is 0 Å². The van der Waals surface area contributed by atoms with Gasteiger partial charge in [-0.1, -0.05) is 0 Å². The second-order valence-electron chi connectivity index (χ2n) is 3.17. The van der Waals surface area contributed by atoms with E-state index in [-0.39, 0.29) is 5.97 Å². The molecule has 2 heterocycles. The molecule has 0 aromatic carbocycles. The van der Waals surface area contributed by atoms with Gasteiger partial charge < -0.3 is 9.30 Å². The zero-order valence-corrected chi connectivity index (χ0v) is 9.91. The largest absolute Gasteiger partial charge is 0.465 e. The molecule has 0 atom stereocenters. The molecule has 4 nitrogen and oxygen atoms in total. The standard InChI is InChI=1S/C10H9BrN2O2/c1-13-5-7(11)9-8(13)3-6(4-12-9)10(14)15-2/h3-5H,1-2H3. The number of halogens is 1. The average molecular weight is 269 g/mol. The molecule has 2 rings (SSSR count). The van der Waals surface area contributed by atoms with Crippen LogP contribution in [0, 0.1) is 0 Å². The molecule has 0 aliphatic carbocycles. The molecule has 0 N–H and O–H groups in total. The minimum atomic E-state index is -0.373. The van der Waals surface area contributed by atoms with Crippen LogP contribution in [0.1, 0.15) is 10.4 Å². The highest BCUT2D eigenvalue weighted by atomic mass is 79.9. The van der Waals surface area contributed by atoms with Crippen LogP contribution in [0.25, 0.3) is 11.0 Å². The van der Waals surface area contributed by atoms with E-state index in [9.17, 15) is 4.79 Å². The molecule has 15 heavy (non-hydrogen) atoms. The molecule has 2 aromatic heterocycles. The molecule has 0 saturated carbocycles. The van der Waals surface area contributed by atoms with Gasteiger partial charge in [0.1, 0.15) is 5.52 Å². The summed E-state index contributed by atoms with van der Waals surface area (Å²) < 4.78 is 7.45. The first-order valence-electron chi connectivity index (χ1n) is 4.32. The summed E-state index contributed by atoms with van der Waals surface area (Å²) in [6.45, 7) is 0. The third-order valence-electron chi connectivity index (χ3n) is 2.20. The number of aromatic nitrogens is 2. The maximum atomic E-state index is 11.3. The first kappa shape index (κ1) is 10.2. The van der Waals surface area contributed by atoms with E-state index >= 15 is 0 Å². The van der Waals surface area contributed by atoms with E-state index in [1.807, 2.05) is 17.8 Å². The van der Waals surface area contributed by atoms with Crippen molar-refractivity contribution in [3.63, 3.8) is 0 Å². The highest BCUT2D eigenvalue weighted by molar-refractivity contribution is 9.10. The predicted molar refractivity (Wildman–Crippen MR) is 59.8 cm³/mol. The maximum Gasteiger partial charge on any atom is 0.339 e. The lowest BCUT2D eigenvalue weighted by atomic mass is 10.2. The van der Waals surface area contributed by atoms with Crippen molar-refractivity contribution in [2.75, 3.05) is 7.11 Å². The number of nitrogens with zero attached hydrogens (tertiary/aromatic N) is 2. The monoisotopic (exact) mass is 268 g/mol. The van der Waals surface area contributed by atoms with Crippen molar-refractivity contribution in [1.29, 1.82) is 0 Å². The van der Waals surface area contributed by atoms with Gasteiger partial charge in [-0.25, -0.2) is 4.79 Å². The predicted octanol–water partition coefficient (Wildman–Crippen LogP) is 2.12. The van der Waals surface area contributed by atoms with Crippen molar-refractivity contribution in [3.8, 4) is 0 Å². The number of rotatable bonds is 1. The van der Waals surface area contributed by atoms with Crippen LogP contribution in [0.4, 0.5) is 0 Å². The highest BCUT2D eigenvalue weighted by Crippen LogP contribution is 2.24. The van der Waals surface area contributed by atoms with Crippen LogP contribution in [-0.2, 0) is 11.8 Å². The van der Waals surface area contributed by atoms with Crippen LogP contribution in [0.15, 0.2) is 22.9 Å². The number of pyridine rings is 1. The summed E-state index contributed by atoms with van der Waals surface area (Å²) in [5.41, 5.74) is 2.19. The molecular weight excluding hydrogens is 260 g/mol. The number of hydrogen-bond acceptors (Lipinski definition) is 3. The second kappa shape index (κ2) is 3.66. The normalized spacial score (nSPS) is 10.6. The molecule has 0 bridgehead atoms. The number of hydrogen-bond donors (Lipinski definition) is 0. The molecular formula is C10H9BrN2O2. The number of methoxy groups -OCH3 is 1. The van der Waals surface area contributed by atoms with E-state index in [1.54, 1.807) is 6.07 Å². The number of ether oxygens (including phenoxy) is 1. The summed E-state index contributed by atoms with van der Waals surface area (Å²) in [6, 6.07) is 1.76. The SMILES string of the molecule is COC(=O)c1cnc2c(Br)cn(C)c2c1. The van der Waals surface area contributed by atoms with Crippen LogP contribution >= 0.6 is 15.9 Å². The van der Waals surface area contributed by atoms with Crippen LogP contribution in [-0.4, -0.2) is 22.6 Å². The van der Waals surface area contributed by atoms with E-state index in [2.05, 4.69) is 25.7 Å². The summed E-state index contributed by atoms with van der Waals surface area (Å²) in [4.78, 5) is 15.5. The Kier molecular flexibility index (Phi) is 2.48. The van der Waals surface area contributed by atoms with Crippen molar-refractivity contribution < 1.29 is 9.53 Å². The van der Waals surface area contributed by atoms with Crippen molar-refractivity contribution in [2.45, 2.75) is 0 Å². The van der Waals surface area contributed by atoms with E-state index in [4.69, 9.17) is 0 Å². The van der Waals surface area contributed by atoms with E-state index in [0.29, 0.717) is 5.56 Å². The Labute approximate surface area is 95.0 Å². The maximum absolute atomic E-state index is 11.3. The third kappa shape index (κ3) is 1.63. The third-order valence-corrected chi connectivity index (χ3v) is 2.78. The van der Waals surface area contributed by atoms with Gasteiger partial charge in [0, 0.05) is 19.4 Å². The van der Waals surface area contributed by atoms with Gasteiger partial charge in [-0.15, -0.1) is 0 Å². The zero-order valence-electron chi connectivity index (χ0n) is 8.32. The van der Waals surface area contributed by atoms with Gasteiger partial charge >= 0.3 is 5.97 Å². The van der Waals surface area contributed by atoms with Crippen molar-refractivity contribution >= 4 is 32.9 Å². The van der Waals surface area contributed by atoms with Crippen molar-refractivity contribution in [2.24, 2.45) is 7.05 Å². The molecule has 78 valence electrons. The molecule has 0 saturated heterocycles.